The van der Waals surface area contributed by atoms with Gasteiger partial charge >= 0.3 is 0 Å². The van der Waals surface area contributed by atoms with Gasteiger partial charge in [0.05, 0.1) is 6.61 Å². The van der Waals surface area contributed by atoms with Crippen LogP contribution in [0.5, 0.6) is 0 Å². The van der Waals surface area contributed by atoms with E-state index in [9.17, 15) is 0 Å². The molecule has 3 heteroatoms. The first-order valence-corrected chi connectivity index (χ1v) is 7.46. The summed E-state index contributed by atoms with van der Waals surface area (Å²) in [5.41, 5.74) is 1.36. The maximum absolute atomic E-state index is 5.61. The molecule has 0 spiro atoms. The molecule has 0 radical (unpaired) electrons. The van der Waals surface area contributed by atoms with Crippen molar-refractivity contribution in [2.75, 3.05) is 13.2 Å². The Hall–Kier alpha value is -0.900. The highest BCUT2D eigenvalue weighted by Crippen LogP contribution is 2.31. The summed E-state index contributed by atoms with van der Waals surface area (Å²) in [6.07, 6.45) is 1.17. The monoisotopic (exact) mass is 263 g/mol. The zero-order valence-corrected chi connectivity index (χ0v) is 12.0. The molecule has 0 aliphatic rings. The van der Waals surface area contributed by atoms with Crippen LogP contribution in [0.25, 0.3) is 10.1 Å². The molecule has 1 aromatic carbocycles. The zero-order valence-electron chi connectivity index (χ0n) is 11.2. The normalized spacial score (nSPS) is 11.2. The van der Waals surface area contributed by atoms with Crippen molar-refractivity contribution in [1.82, 2.24) is 5.32 Å². The molecule has 98 valence electrons. The summed E-state index contributed by atoms with van der Waals surface area (Å²) >= 11 is 1.88. The Labute approximate surface area is 113 Å². The lowest BCUT2D eigenvalue weighted by atomic mass is 10.1. The second-order valence-corrected chi connectivity index (χ2v) is 5.45. The first-order valence-electron chi connectivity index (χ1n) is 6.64. The third-order valence-electron chi connectivity index (χ3n) is 2.94. The maximum atomic E-state index is 5.61. The van der Waals surface area contributed by atoms with E-state index in [4.69, 9.17) is 4.74 Å². The Morgan fingerprint density at radius 1 is 1.22 bits per heavy atom. The van der Waals surface area contributed by atoms with Crippen LogP contribution in [0.3, 0.4) is 0 Å². The van der Waals surface area contributed by atoms with E-state index in [0.29, 0.717) is 0 Å². The van der Waals surface area contributed by atoms with E-state index < -0.39 is 0 Å². The molecule has 0 atom stereocenters. The van der Waals surface area contributed by atoms with Crippen LogP contribution in [0.2, 0.25) is 0 Å². The number of hydrogen-bond donors (Lipinski definition) is 1. The van der Waals surface area contributed by atoms with Gasteiger partial charge in [0.15, 0.2) is 0 Å². The topological polar surface area (TPSA) is 21.3 Å². The molecule has 18 heavy (non-hydrogen) atoms. The molecule has 2 aromatic rings. The van der Waals surface area contributed by atoms with E-state index in [0.717, 1.165) is 26.3 Å². The maximum Gasteiger partial charge on any atom is 0.0734 e. The van der Waals surface area contributed by atoms with Gasteiger partial charge in [0, 0.05) is 28.3 Å². The molecule has 0 saturated heterocycles. The number of fused-ring (bicyclic) bond motifs is 1. The number of thiophene rings is 1. The predicted octanol–water partition coefficient (Wildman–Crippen LogP) is 3.94. The molecule has 1 aromatic heterocycles. The van der Waals surface area contributed by atoms with Gasteiger partial charge in [-0.2, -0.15) is 0 Å². The van der Waals surface area contributed by atoms with Crippen LogP contribution in [0.15, 0.2) is 24.3 Å². The first-order chi connectivity index (χ1) is 8.86. The number of benzene rings is 1. The van der Waals surface area contributed by atoms with E-state index >= 15 is 0 Å². The fourth-order valence-electron chi connectivity index (χ4n) is 2.03. The smallest absolute Gasteiger partial charge is 0.0734 e. The van der Waals surface area contributed by atoms with E-state index in [-0.39, 0.29) is 0 Å². The molecule has 0 bridgehead atoms. The minimum atomic E-state index is 0.726. The average Bonchev–Trinajstić information content (AvgIpc) is 2.74. The molecular formula is C15H21NOS. The Kier molecular flexibility index (Phi) is 5.17. The van der Waals surface area contributed by atoms with Crippen LogP contribution in [-0.4, -0.2) is 13.2 Å². The largest absolute Gasteiger partial charge is 0.377 e. The van der Waals surface area contributed by atoms with Crippen LogP contribution in [0, 0.1) is 0 Å². The second kappa shape index (κ2) is 6.88. The second-order valence-electron chi connectivity index (χ2n) is 4.31. The molecule has 0 unspecified atom stereocenters. The molecular weight excluding hydrogens is 242 g/mol. The Balaban J connectivity index is 2.25. The summed E-state index contributed by atoms with van der Waals surface area (Å²) in [6.45, 7) is 7.76. The highest BCUT2D eigenvalue weighted by molar-refractivity contribution is 7.19. The van der Waals surface area contributed by atoms with Crippen LogP contribution >= 0.6 is 11.3 Å². The van der Waals surface area contributed by atoms with Crippen molar-refractivity contribution in [1.29, 1.82) is 0 Å². The molecule has 0 aliphatic heterocycles. The van der Waals surface area contributed by atoms with Crippen molar-refractivity contribution in [3.8, 4) is 0 Å². The third kappa shape index (κ3) is 3.10. The molecule has 0 amide bonds. The van der Waals surface area contributed by atoms with Gasteiger partial charge in [-0.05, 0) is 31.3 Å². The van der Waals surface area contributed by atoms with Crippen molar-refractivity contribution >= 4 is 21.4 Å². The molecule has 0 fully saturated rings. The zero-order chi connectivity index (χ0) is 12.8. The summed E-state index contributed by atoms with van der Waals surface area (Å²) in [5, 5.41) is 4.84. The summed E-state index contributed by atoms with van der Waals surface area (Å²) < 4.78 is 6.97. The van der Waals surface area contributed by atoms with Crippen molar-refractivity contribution in [2.45, 2.75) is 33.4 Å². The lowest BCUT2D eigenvalue weighted by Gasteiger charge is -2.06. The minimum absolute atomic E-state index is 0.726. The molecule has 1 N–H and O–H groups in total. The van der Waals surface area contributed by atoms with Gasteiger partial charge in [0.2, 0.25) is 0 Å². The minimum Gasteiger partial charge on any atom is -0.377 e. The van der Waals surface area contributed by atoms with E-state index in [1.165, 1.54) is 26.9 Å². The number of nitrogens with one attached hydrogen (secondary N) is 1. The van der Waals surface area contributed by atoms with Crippen LogP contribution < -0.4 is 5.32 Å². The van der Waals surface area contributed by atoms with Crippen LogP contribution in [0.4, 0.5) is 0 Å². The van der Waals surface area contributed by atoms with Gasteiger partial charge in [-0.15, -0.1) is 11.3 Å². The van der Waals surface area contributed by atoms with Crippen molar-refractivity contribution < 1.29 is 4.74 Å². The van der Waals surface area contributed by atoms with Gasteiger partial charge in [-0.1, -0.05) is 25.1 Å². The highest BCUT2D eigenvalue weighted by Gasteiger charge is 2.11. The van der Waals surface area contributed by atoms with Gasteiger partial charge in [-0.25, -0.2) is 0 Å². The highest BCUT2D eigenvalue weighted by atomic mass is 32.1. The lowest BCUT2D eigenvalue weighted by molar-refractivity contribution is 0.134. The summed E-state index contributed by atoms with van der Waals surface area (Å²) in [6, 6.07) is 8.60. The predicted molar refractivity (Wildman–Crippen MR) is 79.2 cm³/mol. The van der Waals surface area contributed by atoms with Crippen molar-refractivity contribution in [2.24, 2.45) is 0 Å². The van der Waals surface area contributed by atoms with Gasteiger partial charge < -0.3 is 10.1 Å². The van der Waals surface area contributed by atoms with Crippen LogP contribution in [-0.2, 0) is 17.9 Å². The molecule has 0 saturated carbocycles. The van der Waals surface area contributed by atoms with Crippen molar-refractivity contribution in [3.63, 3.8) is 0 Å². The number of hydrogen-bond acceptors (Lipinski definition) is 3. The number of rotatable bonds is 7. The van der Waals surface area contributed by atoms with Crippen molar-refractivity contribution in [3.05, 3.63) is 34.7 Å². The summed E-state index contributed by atoms with van der Waals surface area (Å²) in [5.74, 6) is 0. The van der Waals surface area contributed by atoms with Crippen LogP contribution in [0.1, 0.15) is 30.7 Å². The van der Waals surface area contributed by atoms with Gasteiger partial charge in [0.25, 0.3) is 0 Å². The van der Waals surface area contributed by atoms with Gasteiger partial charge in [-0.3, -0.25) is 0 Å². The van der Waals surface area contributed by atoms with E-state index in [1.807, 2.05) is 18.3 Å². The molecule has 0 aliphatic carbocycles. The first kappa shape index (κ1) is 13.5. The third-order valence-corrected chi connectivity index (χ3v) is 4.16. The Morgan fingerprint density at radius 2 is 2.06 bits per heavy atom. The summed E-state index contributed by atoms with van der Waals surface area (Å²) in [4.78, 5) is 1.41. The molecule has 2 rings (SSSR count). The average molecular weight is 263 g/mol. The molecule has 1 heterocycles. The SMILES string of the molecule is CCCNCc1sc2ccccc2c1COCC. The fourth-order valence-corrected chi connectivity index (χ4v) is 3.21. The lowest BCUT2D eigenvalue weighted by Crippen LogP contribution is -2.14. The quantitative estimate of drug-likeness (QED) is 0.764. The fraction of sp³-hybridized carbons (Fsp3) is 0.467. The summed E-state index contributed by atoms with van der Waals surface area (Å²) in [7, 11) is 0. The van der Waals surface area contributed by atoms with Gasteiger partial charge in [0.1, 0.15) is 0 Å². The standard InChI is InChI=1S/C15H21NOS/c1-3-9-16-10-15-13(11-17-4-2)12-7-5-6-8-14(12)18-15/h5-8,16H,3-4,9-11H2,1-2H3. The van der Waals surface area contributed by atoms with E-state index in [2.05, 4.69) is 36.5 Å². The number of ether oxygens (including phenoxy) is 1. The Morgan fingerprint density at radius 3 is 2.83 bits per heavy atom. The van der Waals surface area contributed by atoms with E-state index in [1.54, 1.807) is 0 Å². The Bertz CT molecular complexity index is 492. The molecule has 2 nitrogen and oxygen atoms in total.